The van der Waals surface area contributed by atoms with E-state index < -0.39 is 24.0 Å². The molecule has 2 amide bonds. The second-order valence-electron chi connectivity index (χ2n) is 4.69. The van der Waals surface area contributed by atoms with Crippen molar-refractivity contribution < 1.29 is 29.3 Å². The molecule has 8 nitrogen and oxygen atoms in total. The van der Waals surface area contributed by atoms with E-state index in [9.17, 15) is 14.4 Å². The molecule has 1 aliphatic rings. The molecule has 1 fully saturated rings. The van der Waals surface area contributed by atoms with Gasteiger partial charge in [0.2, 0.25) is 0 Å². The molecule has 114 valence electrons. The van der Waals surface area contributed by atoms with Crippen molar-refractivity contribution in [2.45, 2.75) is 37.8 Å². The van der Waals surface area contributed by atoms with Crippen LogP contribution in [-0.4, -0.2) is 65.4 Å². The Labute approximate surface area is 116 Å². The molecule has 0 spiro atoms. The van der Waals surface area contributed by atoms with Crippen molar-refractivity contribution in [3.05, 3.63) is 0 Å². The Balaban J connectivity index is 2.45. The summed E-state index contributed by atoms with van der Waals surface area (Å²) in [5.74, 6) is -2.32. The number of rotatable bonds is 6. The van der Waals surface area contributed by atoms with Crippen LogP contribution in [0, 0.1) is 0 Å². The van der Waals surface area contributed by atoms with E-state index in [4.69, 9.17) is 14.9 Å². The highest BCUT2D eigenvalue weighted by atomic mass is 16.5. The molecule has 0 aromatic carbocycles. The summed E-state index contributed by atoms with van der Waals surface area (Å²) in [6, 6.07) is -1.66. The van der Waals surface area contributed by atoms with E-state index in [0.29, 0.717) is 25.9 Å². The largest absolute Gasteiger partial charge is 0.481 e. The third kappa shape index (κ3) is 5.04. The Morgan fingerprint density at radius 3 is 2.35 bits per heavy atom. The maximum Gasteiger partial charge on any atom is 0.326 e. The molecule has 0 aromatic heterocycles. The van der Waals surface area contributed by atoms with Crippen LogP contribution in [0.1, 0.15) is 25.7 Å². The van der Waals surface area contributed by atoms with Crippen LogP contribution in [0.15, 0.2) is 0 Å². The molecule has 8 heteroatoms. The number of nitrogens with zero attached hydrogens (tertiary/aromatic N) is 1. The van der Waals surface area contributed by atoms with Crippen LogP contribution in [0.2, 0.25) is 0 Å². The number of carboxylic acids is 2. The summed E-state index contributed by atoms with van der Waals surface area (Å²) in [4.78, 5) is 34.9. The smallest absolute Gasteiger partial charge is 0.326 e. The van der Waals surface area contributed by atoms with Crippen LogP contribution < -0.4 is 5.32 Å². The second kappa shape index (κ2) is 7.68. The molecule has 1 aliphatic heterocycles. The fourth-order valence-corrected chi connectivity index (χ4v) is 2.06. The molecule has 0 aliphatic carbocycles. The lowest BCUT2D eigenvalue weighted by atomic mass is 10.1. The number of ether oxygens (including phenoxy) is 1. The third-order valence-electron chi connectivity index (χ3n) is 3.31. The van der Waals surface area contributed by atoms with Crippen LogP contribution in [0.4, 0.5) is 4.79 Å². The number of aliphatic carboxylic acids is 2. The SMILES string of the molecule is COC1CCN(C(=O)NC(CCC(=O)O)C(=O)O)CC1. The molecule has 1 heterocycles. The van der Waals surface area contributed by atoms with Crippen LogP contribution in [-0.2, 0) is 14.3 Å². The van der Waals surface area contributed by atoms with Crippen molar-refractivity contribution in [3.63, 3.8) is 0 Å². The average Bonchev–Trinajstić information content (AvgIpc) is 2.42. The van der Waals surface area contributed by atoms with E-state index in [2.05, 4.69) is 5.32 Å². The lowest BCUT2D eigenvalue weighted by molar-refractivity contribution is -0.140. The number of amides is 2. The Hall–Kier alpha value is -1.83. The average molecular weight is 288 g/mol. The van der Waals surface area contributed by atoms with Gasteiger partial charge >= 0.3 is 18.0 Å². The van der Waals surface area contributed by atoms with Crippen molar-refractivity contribution in [2.75, 3.05) is 20.2 Å². The van der Waals surface area contributed by atoms with Gasteiger partial charge in [0.1, 0.15) is 6.04 Å². The minimum atomic E-state index is -1.23. The predicted molar refractivity (Wildman–Crippen MR) is 68.4 cm³/mol. The zero-order chi connectivity index (χ0) is 15.1. The van der Waals surface area contributed by atoms with Gasteiger partial charge in [0.15, 0.2) is 0 Å². The van der Waals surface area contributed by atoms with Gasteiger partial charge < -0.3 is 25.2 Å². The highest BCUT2D eigenvalue weighted by Gasteiger charge is 2.26. The van der Waals surface area contributed by atoms with Gasteiger partial charge in [0.25, 0.3) is 0 Å². The molecule has 0 bridgehead atoms. The van der Waals surface area contributed by atoms with E-state index in [1.807, 2.05) is 0 Å². The molecular weight excluding hydrogens is 268 g/mol. The monoisotopic (exact) mass is 288 g/mol. The summed E-state index contributed by atoms with van der Waals surface area (Å²) in [6.07, 6.45) is 1.10. The number of hydrogen-bond donors (Lipinski definition) is 3. The fraction of sp³-hybridized carbons (Fsp3) is 0.750. The van der Waals surface area contributed by atoms with Gasteiger partial charge in [-0.3, -0.25) is 4.79 Å². The number of likely N-dealkylation sites (tertiary alicyclic amines) is 1. The highest BCUT2D eigenvalue weighted by Crippen LogP contribution is 2.13. The molecule has 20 heavy (non-hydrogen) atoms. The first kappa shape index (κ1) is 16.2. The molecule has 1 saturated heterocycles. The fourth-order valence-electron chi connectivity index (χ4n) is 2.06. The number of carboxylic acid groups (broad SMARTS) is 2. The first-order valence-electron chi connectivity index (χ1n) is 6.47. The Bertz CT molecular complexity index is 365. The summed E-state index contributed by atoms with van der Waals surface area (Å²) < 4.78 is 5.19. The zero-order valence-corrected chi connectivity index (χ0v) is 11.4. The first-order chi connectivity index (χ1) is 9.43. The zero-order valence-electron chi connectivity index (χ0n) is 11.4. The number of hydrogen-bond acceptors (Lipinski definition) is 4. The Kier molecular flexibility index (Phi) is 6.23. The molecule has 1 atom stereocenters. The van der Waals surface area contributed by atoms with Crippen LogP contribution in [0.5, 0.6) is 0 Å². The number of methoxy groups -OCH3 is 1. The minimum absolute atomic E-state index is 0.126. The normalized spacial score (nSPS) is 17.6. The Morgan fingerprint density at radius 2 is 1.90 bits per heavy atom. The standard InChI is InChI=1S/C12H20N2O6/c1-20-8-4-6-14(7-5-8)12(19)13-9(11(17)18)2-3-10(15)16/h8-9H,2-7H2,1H3,(H,13,19)(H,15,16)(H,17,18). The van der Waals surface area contributed by atoms with Gasteiger partial charge in [0.05, 0.1) is 6.10 Å². The summed E-state index contributed by atoms with van der Waals surface area (Å²) in [6.45, 7) is 0.991. The van der Waals surface area contributed by atoms with E-state index in [1.165, 1.54) is 4.90 Å². The third-order valence-corrected chi connectivity index (χ3v) is 3.31. The van der Waals surface area contributed by atoms with Gasteiger partial charge in [-0.2, -0.15) is 0 Å². The molecule has 1 rings (SSSR count). The Morgan fingerprint density at radius 1 is 1.30 bits per heavy atom. The lowest BCUT2D eigenvalue weighted by Crippen LogP contribution is -2.51. The molecule has 0 saturated carbocycles. The van der Waals surface area contributed by atoms with Crippen LogP contribution in [0.3, 0.4) is 0 Å². The van der Waals surface area contributed by atoms with Crippen molar-refractivity contribution in [3.8, 4) is 0 Å². The van der Waals surface area contributed by atoms with Gasteiger partial charge in [-0.05, 0) is 19.3 Å². The number of carbonyl (C=O) groups is 3. The van der Waals surface area contributed by atoms with Crippen LogP contribution >= 0.6 is 0 Å². The second-order valence-corrected chi connectivity index (χ2v) is 4.69. The number of nitrogens with one attached hydrogen (secondary N) is 1. The molecule has 1 unspecified atom stereocenters. The maximum atomic E-state index is 11.9. The first-order valence-corrected chi connectivity index (χ1v) is 6.47. The summed E-state index contributed by atoms with van der Waals surface area (Å²) in [7, 11) is 1.62. The van der Waals surface area contributed by atoms with Crippen molar-refractivity contribution in [2.24, 2.45) is 0 Å². The number of urea groups is 1. The summed E-state index contributed by atoms with van der Waals surface area (Å²) >= 11 is 0. The van der Waals surface area contributed by atoms with Crippen LogP contribution in [0.25, 0.3) is 0 Å². The number of carbonyl (C=O) groups excluding carboxylic acids is 1. The van der Waals surface area contributed by atoms with E-state index in [-0.39, 0.29) is 18.9 Å². The maximum absolute atomic E-state index is 11.9. The summed E-state index contributed by atoms with van der Waals surface area (Å²) in [5, 5.41) is 19.9. The van der Waals surface area contributed by atoms with Gasteiger partial charge in [-0.1, -0.05) is 0 Å². The number of piperidine rings is 1. The van der Waals surface area contributed by atoms with Crippen molar-refractivity contribution in [1.82, 2.24) is 10.2 Å². The highest BCUT2D eigenvalue weighted by molar-refractivity contribution is 5.83. The molecule has 3 N–H and O–H groups in total. The van der Waals surface area contributed by atoms with Crippen molar-refractivity contribution >= 4 is 18.0 Å². The quantitative estimate of drug-likeness (QED) is 0.639. The topological polar surface area (TPSA) is 116 Å². The van der Waals surface area contributed by atoms with Gasteiger partial charge in [0, 0.05) is 26.6 Å². The molecule has 0 aromatic rings. The van der Waals surface area contributed by atoms with E-state index in [1.54, 1.807) is 7.11 Å². The van der Waals surface area contributed by atoms with E-state index >= 15 is 0 Å². The predicted octanol–water partition coefficient (Wildman–Crippen LogP) is 0.125. The minimum Gasteiger partial charge on any atom is -0.481 e. The molecular formula is C12H20N2O6. The summed E-state index contributed by atoms with van der Waals surface area (Å²) in [5.41, 5.74) is 0. The van der Waals surface area contributed by atoms with Gasteiger partial charge in [-0.15, -0.1) is 0 Å². The van der Waals surface area contributed by atoms with Gasteiger partial charge in [-0.25, -0.2) is 9.59 Å². The van der Waals surface area contributed by atoms with Crippen molar-refractivity contribution in [1.29, 1.82) is 0 Å². The van der Waals surface area contributed by atoms with E-state index in [0.717, 1.165) is 0 Å². The lowest BCUT2D eigenvalue weighted by Gasteiger charge is -2.32. The molecule has 0 radical (unpaired) electrons.